The van der Waals surface area contributed by atoms with E-state index in [0.717, 1.165) is 0 Å². The van der Waals surface area contributed by atoms with Crippen molar-refractivity contribution in [2.75, 3.05) is 0 Å². The van der Waals surface area contributed by atoms with Crippen LogP contribution in [0.2, 0.25) is 0 Å². The number of hydrogen-bond acceptors (Lipinski definition) is 0. The summed E-state index contributed by atoms with van der Waals surface area (Å²) in [6.07, 6.45) is 0. The topological polar surface area (TPSA) is 0 Å². The zero-order chi connectivity index (χ0) is 30.7. The van der Waals surface area contributed by atoms with Gasteiger partial charge in [0.05, 0.1) is 0 Å². The minimum atomic E-state index is -0.852. The largest absolute Gasteiger partial charge is 0.0622 e. The Morgan fingerprint density at radius 2 is 0.532 bits per heavy atom. The van der Waals surface area contributed by atoms with E-state index in [4.69, 9.17) is 0 Å². The molecule has 0 aliphatic heterocycles. The third-order valence-corrected chi connectivity index (χ3v) is 13.6. The van der Waals surface area contributed by atoms with E-state index in [1.165, 1.54) is 64.5 Å². The minimum absolute atomic E-state index is 0. The summed E-state index contributed by atoms with van der Waals surface area (Å²) >= 11 is 0. The molecule has 0 spiro atoms. The number of hydrogen-bond donors (Lipinski definition) is 0. The molecule has 0 atom stereocenters. The van der Waals surface area contributed by atoms with Crippen LogP contribution in [-0.4, -0.2) is 0 Å². The molecule has 0 saturated carbocycles. The summed E-state index contributed by atoms with van der Waals surface area (Å²) in [5.41, 5.74) is 2.70. The number of benzene rings is 8. The van der Waals surface area contributed by atoms with Crippen molar-refractivity contribution in [3.8, 4) is 11.1 Å². The summed E-state index contributed by atoms with van der Waals surface area (Å²) < 4.78 is 0. The van der Waals surface area contributed by atoms with Crippen LogP contribution in [-0.2, 0) is 16.5 Å². The van der Waals surface area contributed by atoms with E-state index in [1.807, 2.05) is 0 Å². The summed E-state index contributed by atoms with van der Waals surface area (Å²) in [4.78, 5) is 0. The van der Waals surface area contributed by atoms with Gasteiger partial charge in [-0.3, -0.25) is 0 Å². The van der Waals surface area contributed by atoms with Crippen LogP contribution in [0.4, 0.5) is 0 Å². The quantitative estimate of drug-likeness (QED) is 0.116. The van der Waals surface area contributed by atoms with E-state index in [2.05, 4.69) is 194 Å². The molecule has 0 aliphatic rings. The Labute approximate surface area is 289 Å². The Kier molecular flexibility index (Phi) is 9.42. The van der Waals surface area contributed by atoms with Crippen LogP contribution in [0.3, 0.4) is 0 Å². The maximum absolute atomic E-state index is 2.42. The normalized spacial score (nSPS) is 11.2. The molecule has 0 fully saturated rings. The van der Waals surface area contributed by atoms with Crippen molar-refractivity contribution in [1.82, 2.24) is 0 Å². The second-order valence-corrected chi connectivity index (χ2v) is 15.7. The maximum Gasteiger partial charge on any atom is 0 e. The van der Waals surface area contributed by atoms with Crippen molar-refractivity contribution in [2.45, 2.75) is 0 Å². The molecule has 3 heteroatoms. The Bertz CT molecular complexity index is 2010. The molecule has 0 aliphatic carbocycles. The summed E-state index contributed by atoms with van der Waals surface area (Å²) in [5, 5.41) is 13.3. The summed E-state index contributed by atoms with van der Waals surface area (Å²) in [6, 6.07) is 71.8. The average Bonchev–Trinajstić information content (AvgIpc) is 3.14. The molecule has 8 aromatic rings. The van der Waals surface area contributed by atoms with Crippen molar-refractivity contribution in [3.63, 3.8) is 0 Å². The van der Waals surface area contributed by atoms with Gasteiger partial charge >= 0.3 is 0 Å². The van der Waals surface area contributed by atoms with Crippen LogP contribution in [0.1, 0.15) is 0 Å². The molecule has 8 aromatic carbocycles. The molecule has 0 radical (unpaired) electrons. The van der Waals surface area contributed by atoms with Crippen LogP contribution in [0.15, 0.2) is 194 Å². The molecule has 0 nitrogen and oxygen atoms in total. The molecule has 0 saturated heterocycles. The smallest absolute Gasteiger partial charge is 0 e. The van der Waals surface area contributed by atoms with Crippen LogP contribution >= 0.6 is 15.8 Å². The van der Waals surface area contributed by atoms with Gasteiger partial charge in [0.25, 0.3) is 0 Å². The number of rotatable bonds is 7. The molecule has 0 aromatic heterocycles. The van der Waals surface area contributed by atoms with Gasteiger partial charge in [0.15, 0.2) is 0 Å². The molecular formula is C44H32NiP2. The van der Waals surface area contributed by atoms with Gasteiger partial charge in [-0.25, -0.2) is 0 Å². The first-order chi connectivity index (χ1) is 22.9. The average molecular weight is 681 g/mol. The zero-order valence-electron chi connectivity index (χ0n) is 25.7. The first-order valence-corrected chi connectivity index (χ1v) is 18.4. The Morgan fingerprint density at radius 3 is 0.851 bits per heavy atom. The third-order valence-electron chi connectivity index (χ3n) is 8.60. The second kappa shape index (κ2) is 14.2. The standard InChI is InChI=1S/C44H32P2.Ni/c1-5-19-35(20-6-1)45(36-21-7-2-8-22-36)41-31-29-33-17-13-15-27-39(33)43(41)44-40-28-16-14-18-34(40)30-32-42(44)46(37-23-9-3-10-24-37)38-25-11-4-12-26-38;/h1-32H;. The van der Waals surface area contributed by atoms with Crippen LogP contribution in [0.5, 0.6) is 0 Å². The molecule has 228 valence electrons. The van der Waals surface area contributed by atoms with Gasteiger partial charge in [-0.2, -0.15) is 0 Å². The molecule has 0 bridgehead atoms. The first kappa shape index (κ1) is 31.2. The van der Waals surface area contributed by atoms with Gasteiger partial charge in [-0.1, -0.05) is 194 Å². The zero-order valence-corrected chi connectivity index (χ0v) is 28.5. The molecular weight excluding hydrogens is 649 g/mol. The van der Waals surface area contributed by atoms with E-state index in [0.29, 0.717) is 0 Å². The molecule has 0 N–H and O–H groups in total. The van der Waals surface area contributed by atoms with Gasteiger partial charge in [-0.15, -0.1) is 0 Å². The van der Waals surface area contributed by atoms with E-state index in [1.54, 1.807) is 0 Å². The van der Waals surface area contributed by atoms with Gasteiger partial charge < -0.3 is 0 Å². The fraction of sp³-hybridized carbons (Fsp3) is 0. The maximum atomic E-state index is 2.42. The van der Waals surface area contributed by atoms with Gasteiger partial charge in [-0.05, 0) is 80.3 Å². The predicted octanol–water partition coefficient (Wildman–Crippen LogP) is 9.17. The minimum Gasteiger partial charge on any atom is -0.0622 e. The monoisotopic (exact) mass is 680 g/mol. The van der Waals surface area contributed by atoms with Crippen molar-refractivity contribution >= 4 is 69.2 Å². The molecule has 8 rings (SSSR count). The van der Waals surface area contributed by atoms with E-state index < -0.39 is 15.8 Å². The van der Waals surface area contributed by atoms with Crippen LogP contribution in [0, 0.1) is 0 Å². The fourth-order valence-electron chi connectivity index (χ4n) is 6.58. The molecule has 0 unspecified atom stereocenters. The predicted molar refractivity (Wildman–Crippen MR) is 204 cm³/mol. The Morgan fingerprint density at radius 1 is 0.255 bits per heavy atom. The Balaban J connectivity index is 0.00000351. The van der Waals surface area contributed by atoms with Crippen molar-refractivity contribution in [1.29, 1.82) is 0 Å². The van der Waals surface area contributed by atoms with Crippen molar-refractivity contribution < 1.29 is 16.5 Å². The summed E-state index contributed by atoms with van der Waals surface area (Å²) in [7, 11) is -1.70. The third kappa shape index (κ3) is 6.09. The summed E-state index contributed by atoms with van der Waals surface area (Å²) in [6.45, 7) is 0. The van der Waals surface area contributed by atoms with E-state index in [-0.39, 0.29) is 16.5 Å². The van der Waals surface area contributed by atoms with Gasteiger partial charge in [0.1, 0.15) is 0 Å². The Hall–Kier alpha value is -4.37. The first-order valence-electron chi connectivity index (χ1n) is 15.7. The van der Waals surface area contributed by atoms with Crippen LogP contribution < -0.4 is 31.8 Å². The SMILES string of the molecule is [Ni].c1ccc(P(c2ccccc2)c2ccc3ccccc3c2-c2c(P(c3ccccc3)c3ccccc3)ccc3ccccc23)cc1. The summed E-state index contributed by atoms with van der Waals surface area (Å²) in [5.74, 6) is 0. The number of fused-ring (bicyclic) bond motifs is 2. The second-order valence-electron chi connectivity index (χ2n) is 11.4. The molecule has 0 amide bonds. The van der Waals surface area contributed by atoms with E-state index in [9.17, 15) is 0 Å². The van der Waals surface area contributed by atoms with E-state index >= 15 is 0 Å². The fourth-order valence-corrected chi connectivity index (χ4v) is 11.5. The molecule has 47 heavy (non-hydrogen) atoms. The van der Waals surface area contributed by atoms with Crippen LogP contribution in [0.25, 0.3) is 32.7 Å². The molecule has 0 heterocycles. The van der Waals surface area contributed by atoms with Crippen molar-refractivity contribution in [2.24, 2.45) is 0 Å². The van der Waals surface area contributed by atoms with Crippen molar-refractivity contribution in [3.05, 3.63) is 194 Å². The van der Waals surface area contributed by atoms with Gasteiger partial charge in [0.2, 0.25) is 0 Å². The van der Waals surface area contributed by atoms with Gasteiger partial charge in [0, 0.05) is 16.5 Å².